The van der Waals surface area contributed by atoms with Crippen molar-refractivity contribution in [3.05, 3.63) is 29.3 Å². The first kappa shape index (κ1) is 13.2. The summed E-state index contributed by atoms with van der Waals surface area (Å²) in [7, 11) is -1.84. The summed E-state index contributed by atoms with van der Waals surface area (Å²) >= 11 is 0. The Morgan fingerprint density at radius 2 is 1.59 bits per heavy atom. The van der Waals surface area contributed by atoms with Crippen LogP contribution in [0.2, 0.25) is 19.6 Å². The molecular weight excluding hydrogens is 240 g/mol. The molecule has 0 amide bonds. The first-order chi connectivity index (χ1) is 7.70. The highest BCUT2D eigenvalue weighted by atomic mass is 28.4. The number of rotatable bonds is 4. The van der Waals surface area contributed by atoms with Gasteiger partial charge in [0, 0.05) is 0 Å². The van der Waals surface area contributed by atoms with Gasteiger partial charge in [0.25, 0.3) is 0 Å². The molecule has 92 valence electrons. The lowest BCUT2D eigenvalue weighted by atomic mass is 10.1. The molecule has 1 aromatic carbocycles. The highest BCUT2D eigenvalue weighted by molar-refractivity contribution is 6.70. The molecule has 1 rings (SSSR count). The largest absolute Gasteiger partial charge is 0.544 e. The maximum atomic E-state index is 10.9. The third kappa shape index (κ3) is 3.60. The van der Waals surface area contributed by atoms with Gasteiger partial charge in [0.2, 0.25) is 8.32 Å². The van der Waals surface area contributed by atoms with Crippen LogP contribution in [0.15, 0.2) is 18.2 Å². The summed E-state index contributed by atoms with van der Waals surface area (Å²) in [6, 6.07) is 3.99. The van der Waals surface area contributed by atoms with Crippen molar-refractivity contribution in [1.82, 2.24) is 0 Å². The molecule has 0 fully saturated rings. The summed E-state index contributed by atoms with van der Waals surface area (Å²) in [5, 5.41) is 17.8. The molecule has 0 heterocycles. The van der Waals surface area contributed by atoms with Gasteiger partial charge in [0.1, 0.15) is 5.75 Å². The van der Waals surface area contributed by atoms with Gasteiger partial charge in [-0.15, -0.1) is 0 Å². The van der Waals surface area contributed by atoms with E-state index < -0.39 is 20.3 Å². The minimum Gasteiger partial charge on any atom is -0.544 e. The number of carbonyl (C=O) groups is 2. The van der Waals surface area contributed by atoms with Gasteiger partial charge in [-0.3, -0.25) is 0 Å². The van der Waals surface area contributed by atoms with Crippen molar-refractivity contribution < 1.29 is 24.2 Å². The Morgan fingerprint density at radius 1 is 1.06 bits per heavy atom. The number of hydrogen-bond donors (Lipinski definition) is 2. The van der Waals surface area contributed by atoms with Crippen molar-refractivity contribution >= 4 is 20.3 Å². The monoisotopic (exact) mass is 254 g/mol. The second-order valence-corrected chi connectivity index (χ2v) is 8.96. The van der Waals surface area contributed by atoms with Crippen LogP contribution in [0, 0.1) is 0 Å². The highest BCUT2D eigenvalue weighted by Crippen LogP contribution is 2.21. The van der Waals surface area contributed by atoms with E-state index in [9.17, 15) is 9.59 Å². The Kier molecular flexibility index (Phi) is 3.57. The van der Waals surface area contributed by atoms with E-state index in [0.29, 0.717) is 5.75 Å². The average Bonchev–Trinajstić information content (AvgIpc) is 2.14. The molecule has 0 aliphatic rings. The van der Waals surface area contributed by atoms with E-state index in [4.69, 9.17) is 14.6 Å². The molecule has 0 saturated carbocycles. The van der Waals surface area contributed by atoms with Crippen molar-refractivity contribution in [3.63, 3.8) is 0 Å². The number of carboxylic acids is 2. The van der Waals surface area contributed by atoms with Gasteiger partial charge in [0.05, 0.1) is 11.1 Å². The molecule has 6 heteroatoms. The summed E-state index contributed by atoms with van der Waals surface area (Å²) in [4.78, 5) is 21.8. The molecule has 0 radical (unpaired) electrons. The van der Waals surface area contributed by atoms with E-state index in [1.165, 1.54) is 18.2 Å². The minimum absolute atomic E-state index is 0.236. The fourth-order valence-corrected chi connectivity index (χ4v) is 2.14. The van der Waals surface area contributed by atoms with Crippen molar-refractivity contribution in [3.8, 4) is 5.75 Å². The van der Waals surface area contributed by atoms with Gasteiger partial charge >= 0.3 is 11.9 Å². The van der Waals surface area contributed by atoms with Crippen LogP contribution in [0.25, 0.3) is 0 Å². The summed E-state index contributed by atoms with van der Waals surface area (Å²) in [5.74, 6) is -2.14. The lowest BCUT2D eigenvalue weighted by Crippen LogP contribution is -2.29. The highest BCUT2D eigenvalue weighted by Gasteiger charge is 2.20. The van der Waals surface area contributed by atoms with Crippen LogP contribution < -0.4 is 4.43 Å². The Balaban J connectivity index is 3.19. The molecule has 0 bridgehead atoms. The van der Waals surface area contributed by atoms with Crippen LogP contribution in [-0.4, -0.2) is 30.5 Å². The Morgan fingerprint density at radius 3 is 2.00 bits per heavy atom. The van der Waals surface area contributed by atoms with Crippen LogP contribution in [-0.2, 0) is 0 Å². The lowest BCUT2D eigenvalue weighted by Gasteiger charge is -2.19. The molecule has 0 atom stereocenters. The third-order valence-corrected chi connectivity index (χ3v) is 2.72. The normalized spacial score (nSPS) is 11.0. The summed E-state index contributed by atoms with van der Waals surface area (Å²) in [6.07, 6.45) is 0. The molecule has 2 N–H and O–H groups in total. The predicted octanol–water partition coefficient (Wildman–Crippen LogP) is 2.30. The molecule has 0 aliphatic heterocycles. The van der Waals surface area contributed by atoms with Crippen LogP contribution >= 0.6 is 0 Å². The molecule has 0 aromatic heterocycles. The van der Waals surface area contributed by atoms with E-state index in [2.05, 4.69) is 0 Å². The van der Waals surface area contributed by atoms with Gasteiger partial charge in [-0.2, -0.15) is 0 Å². The van der Waals surface area contributed by atoms with Gasteiger partial charge in [-0.25, -0.2) is 9.59 Å². The summed E-state index contributed by atoms with van der Waals surface area (Å²) in [5.41, 5.74) is -0.492. The van der Waals surface area contributed by atoms with Crippen molar-refractivity contribution in [1.29, 1.82) is 0 Å². The smallest absolute Gasteiger partial charge is 0.336 e. The molecular formula is C11H14O5Si. The zero-order valence-electron chi connectivity index (χ0n) is 9.85. The van der Waals surface area contributed by atoms with E-state index in [0.717, 1.165) is 0 Å². The first-order valence-electron chi connectivity index (χ1n) is 5.00. The fraction of sp³-hybridized carbons (Fsp3) is 0.273. The maximum absolute atomic E-state index is 10.9. The van der Waals surface area contributed by atoms with Crippen LogP contribution in [0.5, 0.6) is 5.75 Å². The average molecular weight is 254 g/mol. The third-order valence-electron chi connectivity index (χ3n) is 1.88. The number of hydrogen-bond acceptors (Lipinski definition) is 3. The van der Waals surface area contributed by atoms with Crippen molar-refractivity contribution in [2.45, 2.75) is 19.6 Å². The van der Waals surface area contributed by atoms with Crippen molar-refractivity contribution in [2.24, 2.45) is 0 Å². The topological polar surface area (TPSA) is 83.8 Å². The van der Waals surface area contributed by atoms with Crippen LogP contribution in [0.4, 0.5) is 0 Å². The first-order valence-corrected chi connectivity index (χ1v) is 8.41. The number of benzene rings is 1. The molecule has 5 nitrogen and oxygen atoms in total. The Labute approximate surface area is 99.8 Å². The van der Waals surface area contributed by atoms with E-state index in [1.54, 1.807) is 0 Å². The maximum Gasteiger partial charge on any atom is 0.336 e. The zero-order chi connectivity index (χ0) is 13.2. The van der Waals surface area contributed by atoms with E-state index in [1.807, 2.05) is 19.6 Å². The van der Waals surface area contributed by atoms with E-state index >= 15 is 0 Å². The molecule has 17 heavy (non-hydrogen) atoms. The predicted molar refractivity (Wildman–Crippen MR) is 64.3 cm³/mol. The van der Waals surface area contributed by atoms with Crippen LogP contribution in [0.1, 0.15) is 20.7 Å². The summed E-state index contributed by atoms with van der Waals surface area (Å²) in [6.45, 7) is 5.87. The Bertz CT molecular complexity index is 461. The quantitative estimate of drug-likeness (QED) is 0.805. The minimum atomic E-state index is -1.84. The molecule has 0 aliphatic carbocycles. The van der Waals surface area contributed by atoms with Gasteiger partial charge in [-0.05, 0) is 37.8 Å². The zero-order valence-corrected chi connectivity index (χ0v) is 10.9. The second kappa shape index (κ2) is 4.58. The molecule has 0 spiro atoms. The van der Waals surface area contributed by atoms with Crippen molar-refractivity contribution in [2.75, 3.05) is 0 Å². The van der Waals surface area contributed by atoms with Gasteiger partial charge in [-0.1, -0.05) is 0 Å². The van der Waals surface area contributed by atoms with Crippen LogP contribution in [0.3, 0.4) is 0 Å². The summed E-state index contributed by atoms with van der Waals surface area (Å²) < 4.78 is 5.61. The molecule has 0 saturated heterocycles. The Hall–Kier alpha value is -1.82. The molecule has 0 unspecified atom stereocenters. The molecule has 1 aromatic rings. The van der Waals surface area contributed by atoms with Gasteiger partial charge < -0.3 is 14.6 Å². The fourth-order valence-electron chi connectivity index (χ4n) is 1.30. The second-order valence-electron chi connectivity index (χ2n) is 4.53. The lowest BCUT2D eigenvalue weighted by molar-refractivity contribution is 0.0651. The standard InChI is InChI=1S/C11H14O5Si/c1-17(2,3)16-7-4-5-8(10(12)13)9(6-7)11(14)15/h4-6H,1-3H3,(H,12,13)(H,14,15). The number of aromatic carboxylic acids is 2. The SMILES string of the molecule is C[Si](C)(C)Oc1ccc(C(=O)O)c(C(=O)O)c1. The van der Waals surface area contributed by atoms with E-state index in [-0.39, 0.29) is 11.1 Å². The van der Waals surface area contributed by atoms with Gasteiger partial charge in [0.15, 0.2) is 0 Å². The number of carboxylic acid groups (broad SMARTS) is 2.